The molecular formula is C22H25N5O2S. The van der Waals surface area contributed by atoms with Crippen LogP contribution in [-0.4, -0.2) is 56.5 Å². The number of aromatic nitrogens is 4. The summed E-state index contributed by atoms with van der Waals surface area (Å²) in [5.41, 5.74) is 1.79. The molecule has 2 aromatic heterocycles. The van der Waals surface area contributed by atoms with Crippen LogP contribution >= 0.6 is 11.8 Å². The highest BCUT2D eigenvalue weighted by atomic mass is 32.2. The lowest BCUT2D eigenvalue weighted by Crippen LogP contribution is -2.33. The number of carbonyl (C=O) groups is 1. The first kappa shape index (κ1) is 20.4. The molecule has 0 N–H and O–H groups in total. The summed E-state index contributed by atoms with van der Waals surface area (Å²) in [5.74, 6) is 1.96. The highest BCUT2D eigenvalue weighted by Gasteiger charge is 2.20. The maximum absolute atomic E-state index is 12.8. The lowest BCUT2D eigenvalue weighted by Gasteiger charge is -2.20. The van der Waals surface area contributed by atoms with Crippen molar-refractivity contribution in [2.75, 3.05) is 26.0 Å². The maximum Gasteiger partial charge on any atom is 0.233 e. The predicted molar refractivity (Wildman–Crippen MR) is 117 cm³/mol. The Labute approximate surface area is 180 Å². The Morgan fingerprint density at radius 3 is 2.57 bits per heavy atom. The molecule has 156 valence electrons. The normalized spacial score (nSPS) is 14.4. The van der Waals surface area contributed by atoms with Crippen molar-refractivity contribution in [1.82, 2.24) is 24.6 Å². The summed E-state index contributed by atoms with van der Waals surface area (Å²) < 4.78 is 7.37. The molecule has 8 heteroatoms. The number of pyridine rings is 1. The molecule has 3 heterocycles. The number of amides is 1. The Bertz CT molecular complexity index is 984. The molecule has 0 atom stereocenters. The summed E-state index contributed by atoms with van der Waals surface area (Å²) in [5, 5.41) is 9.51. The molecule has 0 spiro atoms. The van der Waals surface area contributed by atoms with Crippen LogP contribution in [0.4, 0.5) is 0 Å². The summed E-state index contributed by atoms with van der Waals surface area (Å²) in [7, 11) is 1.64. The number of hydrogen-bond acceptors (Lipinski definition) is 6. The van der Waals surface area contributed by atoms with Gasteiger partial charge in [-0.2, -0.15) is 0 Å². The lowest BCUT2D eigenvalue weighted by atomic mass is 10.2. The van der Waals surface area contributed by atoms with Crippen LogP contribution in [-0.2, 0) is 4.79 Å². The molecule has 0 aliphatic carbocycles. The van der Waals surface area contributed by atoms with Gasteiger partial charge in [0.25, 0.3) is 0 Å². The minimum Gasteiger partial charge on any atom is -0.497 e. The van der Waals surface area contributed by atoms with Crippen molar-refractivity contribution < 1.29 is 9.53 Å². The largest absolute Gasteiger partial charge is 0.497 e. The summed E-state index contributed by atoms with van der Waals surface area (Å²) in [6.07, 6.45) is 8.04. The molecule has 30 heavy (non-hydrogen) atoms. The Hall–Kier alpha value is -2.87. The van der Waals surface area contributed by atoms with Crippen LogP contribution in [0.2, 0.25) is 0 Å². The number of nitrogens with zero attached hydrogens (tertiary/aromatic N) is 5. The van der Waals surface area contributed by atoms with Crippen LogP contribution in [0.25, 0.3) is 17.1 Å². The number of likely N-dealkylation sites (tertiary alicyclic amines) is 1. The summed E-state index contributed by atoms with van der Waals surface area (Å²) in [6, 6.07) is 11.6. The van der Waals surface area contributed by atoms with E-state index in [1.807, 2.05) is 45.9 Å². The molecule has 1 aromatic carbocycles. The van der Waals surface area contributed by atoms with Gasteiger partial charge >= 0.3 is 0 Å². The Kier molecular flexibility index (Phi) is 6.63. The number of hydrogen-bond donors (Lipinski definition) is 0. The van der Waals surface area contributed by atoms with Crippen LogP contribution < -0.4 is 4.74 Å². The fourth-order valence-electron chi connectivity index (χ4n) is 3.57. The molecule has 1 amide bonds. The van der Waals surface area contributed by atoms with Gasteiger partial charge in [-0.15, -0.1) is 10.2 Å². The van der Waals surface area contributed by atoms with Gasteiger partial charge in [0.1, 0.15) is 5.75 Å². The smallest absolute Gasteiger partial charge is 0.233 e. The number of carbonyl (C=O) groups excluding carboxylic acids is 1. The molecule has 1 aliphatic rings. The van der Waals surface area contributed by atoms with E-state index < -0.39 is 0 Å². The topological polar surface area (TPSA) is 73.1 Å². The van der Waals surface area contributed by atoms with E-state index >= 15 is 0 Å². The van der Waals surface area contributed by atoms with Crippen LogP contribution in [0.15, 0.2) is 53.9 Å². The van der Waals surface area contributed by atoms with Crippen LogP contribution in [0.1, 0.15) is 25.7 Å². The first-order valence-electron chi connectivity index (χ1n) is 10.2. The minimum atomic E-state index is 0.160. The second-order valence-electron chi connectivity index (χ2n) is 7.16. The van der Waals surface area contributed by atoms with Crippen molar-refractivity contribution >= 4 is 17.7 Å². The highest BCUT2D eigenvalue weighted by molar-refractivity contribution is 7.99. The van der Waals surface area contributed by atoms with Gasteiger partial charge < -0.3 is 9.64 Å². The van der Waals surface area contributed by atoms with Gasteiger partial charge in [0.05, 0.1) is 18.6 Å². The van der Waals surface area contributed by atoms with Crippen LogP contribution in [0.3, 0.4) is 0 Å². The van der Waals surface area contributed by atoms with Crippen molar-refractivity contribution in [2.24, 2.45) is 0 Å². The number of benzene rings is 1. The standard InChI is InChI=1S/C22H25N5O2S/c1-29-19-8-6-7-18(15-19)27-21(17-9-11-23-12-10-17)24-25-22(27)30-16-20(28)26-13-4-2-3-5-14-26/h6-12,15H,2-5,13-14,16H2,1H3. The van der Waals surface area contributed by atoms with Gasteiger partial charge in [-0.3, -0.25) is 14.3 Å². The van der Waals surface area contributed by atoms with E-state index in [0.717, 1.165) is 42.9 Å². The molecule has 4 rings (SSSR count). The summed E-state index contributed by atoms with van der Waals surface area (Å²) >= 11 is 1.42. The number of thioether (sulfide) groups is 1. The van der Waals surface area contributed by atoms with Gasteiger partial charge in [0.2, 0.25) is 5.91 Å². The van der Waals surface area contributed by atoms with Gasteiger partial charge in [-0.05, 0) is 37.1 Å². The molecule has 1 aliphatic heterocycles. The monoisotopic (exact) mass is 423 g/mol. The average molecular weight is 424 g/mol. The quantitative estimate of drug-likeness (QED) is 0.561. The molecule has 1 saturated heterocycles. The first-order valence-corrected chi connectivity index (χ1v) is 11.2. The van der Waals surface area contributed by atoms with Gasteiger partial charge in [-0.1, -0.05) is 30.7 Å². The van der Waals surface area contributed by atoms with E-state index in [-0.39, 0.29) is 5.91 Å². The molecule has 0 saturated carbocycles. The van der Waals surface area contributed by atoms with E-state index in [1.54, 1.807) is 19.5 Å². The van der Waals surface area contributed by atoms with Gasteiger partial charge in [0.15, 0.2) is 11.0 Å². The first-order chi connectivity index (χ1) is 14.8. The van der Waals surface area contributed by atoms with Crippen molar-refractivity contribution in [3.05, 3.63) is 48.8 Å². The van der Waals surface area contributed by atoms with E-state index in [4.69, 9.17) is 4.74 Å². The third kappa shape index (κ3) is 4.64. The summed E-state index contributed by atoms with van der Waals surface area (Å²) in [4.78, 5) is 18.8. The van der Waals surface area contributed by atoms with Gasteiger partial charge in [-0.25, -0.2) is 0 Å². The van der Waals surface area contributed by atoms with E-state index in [0.29, 0.717) is 16.7 Å². The maximum atomic E-state index is 12.8. The summed E-state index contributed by atoms with van der Waals surface area (Å²) in [6.45, 7) is 1.70. The second kappa shape index (κ2) is 9.75. The molecule has 7 nitrogen and oxygen atoms in total. The number of rotatable bonds is 6. The molecule has 1 fully saturated rings. The van der Waals surface area contributed by atoms with E-state index in [1.165, 1.54) is 24.6 Å². The number of ether oxygens (including phenoxy) is 1. The zero-order chi connectivity index (χ0) is 20.8. The molecule has 0 unspecified atom stereocenters. The Morgan fingerprint density at radius 2 is 1.83 bits per heavy atom. The van der Waals surface area contributed by atoms with Crippen molar-refractivity contribution in [3.63, 3.8) is 0 Å². The van der Waals surface area contributed by atoms with Crippen molar-refractivity contribution in [2.45, 2.75) is 30.8 Å². The fraction of sp³-hybridized carbons (Fsp3) is 0.364. The highest BCUT2D eigenvalue weighted by Crippen LogP contribution is 2.29. The average Bonchev–Trinajstić information content (AvgIpc) is 3.03. The Balaban J connectivity index is 1.62. The third-order valence-electron chi connectivity index (χ3n) is 5.17. The lowest BCUT2D eigenvalue weighted by molar-refractivity contribution is -0.128. The molecule has 0 radical (unpaired) electrons. The fourth-order valence-corrected chi connectivity index (χ4v) is 4.43. The molecule has 0 bridgehead atoms. The van der Waals surface area contributed by atoms with Crippen molar-refractivity contribution in [1.29, 1.82) is 0 Å². The third-order valence-corrected chi connectivity index (χ3v) is 6.08. The van der Waals surface area contributed by atoms with E-state index in [9.17, 15) is 4.79 Å². The van der Waals surface area contributed by atoms with Crippen molar-refractivity contribution in [3.8, 4) is 22.8 Å². The molecule has 3 aromatic rings. The zero-order valence-corrected chi connectivity index (χ0v) is 17.8. The minimum absolute atomic E-state index is 0.160. The number of methoxy groups -OCH3 is 1. The Morgan fingerprint density at radius 1 is 1.07 bits per heavy atom. The van der Waals surface area contributed by atoms with Crippen LogP contribution in [0.5, 0.6) is 5.75 Å². The zero-order valence-electron chi connectivity index (χ0n) is 17.0. The SMILES string of the molecule is COc1cccc(-n2c(SCC(=O)N3CCCCCC3)nnc2-c2ccncc2)c1. The van der Waals surface area contributed by atoms with E-state index in [2.05, 4.69) is 15.2 Å². The molecular weight excluding hydrogens is 398 g/mol. The second-order valence-corrected chi connectivity index (χ2v) is 8.11. The van der Waals surface area contributed by atoms with Crippen LogP contribution in [0, 0.1) is 0 Å². The van der Waals surface area contributed by atoms with Gasteiger partial charge in [0, 0.05) is 37.1 Å². The predicted octanol–water partition coefficient (Wildman–Crippen LogP) is 3.83.